The molecule has 2 heterocycles. The minimum Gasteiger partial charge on any atom is -0.494 e. The number of amidine groups is 1. The van der Waals surface area contributed by atoms with E-state index in [0.717, 1.165) is 22.6 Å². The second-order valence-corrected chi connectivity index (χ2v) is 9.75. The van der Waals surface area contributed by atoms with Crippen molar-refractivity contribution in [2.75, 3.05) is 11.9 Å². The lowest BCUT2D eigenvalue weighted by atomic mass is 9.99. The lowest BCUT2D eigenvalue weighted by molar-refractivity contribution is -0.121. The second kappa shape index (κ2) is 11.0. The zero-order chi connectivity index (χ0) is 25.8. The summed E-state index contributed by atoms with van der Waals surface area (Å²) in [6, 6.07) is 22.9. The van der Waals surface area contributed by atoms with Crippen LogP contribution in [0.2, 0.25) is 0 Å². The SMILES string of the molecule is CCOc1ccc(NC(=O)C[C@@H]2SC(N3N=C(c4ccccc4)C[C@H]3c3ccc(F)cc3)=NC2=O)cc1. The number of hydrogen-bond donors (Lipinski definition) is 1. The normalized spacial score (nSPS) is 19.0. The van der Waals surface area contributed by atoms with Gasteiger partial charge in [0.25, 0.3) is 5.91 Å². The first kappa shape index (κ1) is 24.7. The van der Waals surface area contributed by atoms with Gasteiger partial charge in [0, 0.05) is 18.5 Å². The number of aliphatic imine (C=N–C) groups is 1. The largest absolute Gasteiger partial charge is 0.494 e. The van der Waals surface area contributed by atoms with Crippen LogP contribution < -0.4 is 10.1 Å². The zero-order valence-corrected chi connectivity index (χ0v) is 21.0. The topological polar surface area (TPSA) is 83.4 Å². The summed E-state index contributed by atoms with van der Waals surface area (Å²) in [5.41, 5.74) is 3.31. The Morgan fingerprint density at radius 2 is 1.81 bits per heavy atom. The summed E-state index contributed by atoms with van der Waals surface area (Å²) >= 11 is 1.23. The molecule has 2 aliphatic heterocycles. The molecule has 3 aromatic carbocycles. The molecule has 5 rings (SSSR count). The van der Waals surface area contributed by atoms with E-state index in [2.05, 4.69) is 10.3 Å². The maximum atomic E-state index is 13.6. The molecule has 0 saturated carbocycles. The first-order chi connectivity index (χ1) is 18.0. The van der Waals surface area contributed by atoms with Crippen molar-refractivity contribution in [1.29, 1.82) is 0 Å². The molecule has 2 amide bonds. The Hall–Kier alpha value is -3.98. The van der Waals surface area contributed by atoms with Gasteiger partial charge in [-0.05, 0) is 54.4 Å². The van der Waals surface area contributed by atoms with Crippen molar-refractivity contribution >= 4 is 40.1 Å². The van der Waals surface area contributed by atoms with Crippen molar-refractivity contribution in [3.05, 3.63) is 95.8 Å². The molecule has 0 radical (unpaired) electrons. The fraction of sp³-hybridized carbons (Fsp3) is 0.214. The van der Waals surface area contributed by atoms with E-state index in [1.54, 1.807) is 41.4 Å². The van der Waals surface area contributed by atoms with Crippen molar-refractivity contribution < 1.29 is 18.7 Å². The number of hydrogen-bond acceptors (Lipinski definition) is 6. The summed E-state index contributed by atoms with van der Waals surface area (Å²) in [7, 11) is 0. The van der Waals surface area contributed by atoms with E-state index in [4.69, 9.17) is 9.84 Å². The van der Waals surface area contributed by atoms with Gasteiger partial charge in [-0.1, -0.05) is 54.2 Å². The lowest BCUT2D eigenvalue weighted by Gasteiger charge is -2.23. The van der Waals surface area contributed by atoms with E-state index in [0.29, 0.717) is 23.9 Å². The van der Waals surface area contributed by atoms with E-state index in [-0.39, 0.29) is 30.1 Å². The molecule has 0 aliphatic carbocycles. The Labute approximate surface area is 218 Å². The fourth-order valence-corrected chi connectivity index (χ4v) is 5.28. The molecule has 37 heavy (non-hydrogen) atoms. The molecule has 0 unspecified atom stereocenters. The number of thioether (sulfide) groups is 1. The predicted octanol–water partition coefficient (Wildman–Crippen LogP) is 5.40. The van der Waals surface area contributed by atoms with Crippen LogP contribution in [-0.4, -0.2) is 39.6 Å². The molecule has 0 aromatic heterocycles. The van der Waals surface area contributed by atoms with E-state index in [9.17, 15) is 14.0 Å². The number of anilines is 1. The highest BCUT2D eigenvalue weighted by molar-refractivity contribution is 8.15. The van der Waals surface area contributed by atoms with Crippen LogP contribution in [0.4, 0.5) is 10.1 Å². The Balaban J connectivity index is 1.30. The standard InChI is InChI=1S/C28H25FN4O3S/c1-2-36-22-14-12-21(13-15-22)30-26(34)17-25-27(35)31-28(37-25)33-24(19-8-10-20(29)11-9-19)16-23(32-33)18-6-4-3-5-7-18/h3-15,24-25H,2,16-17H2,1H3,(H,30,34)/t24-,25-/m0/s1. The average molecular weight is 517 g/mol. The third-order valence-corrected chi connectivity index (χ3v) is 7.16. The number of carbonyl (C=O) groups excluding carboxylic acids is 2. The Morgan fingerprint density at radius 3 is 2.51 bits per heavy atom. The molecule has 0 spiro atoms. The van der Waals surface area contributed by atoms with E-state index in [1.165, 1.54) is 23.9 Å². The summed E-state index contributed by atoms with van der Waals surface area (Å²) < 4.78 is 19.0. The Morgan fingerprint density at radius 1 is 1.08 bits per heavy atom. The first-order valence-electron chi connectivity index (χ1n) is 12.0. The quantitative estimate of drug-likeness (QED) is 0.455. The van der Waals surface area contributed by atoms with Crippen LogP contribution in [0.25, 0.3) is 0 Å². The highest BCUT2D eigenvalue weighted by atomic mass is 32.2. The summed E-state index contributed by atoms with van der Waals surface area (Å²) in [4.78, 5) is 29.7. The van der Waals surface area contributed by atoms with Gasteiger partial charge in [-0.15, -0.1) is 0 Å². The molecule has 0 bridgehead atoms. The molecule has 3 aromatic rings. The fourth-order valence-electron chi connectivity index (χ4n) is 4.22. The number of nitrogens with one attached hydrogen (secondary N) is 1. The molecule has 2 aliphatic rings. The first-order valence-corrected chi connectivity index (χ1v) is 12.9. The molecular formula is C28H25FN4O3S. The van der Waals surface area contributed by atoms with Crippen LogP contribution in [0.1, 0.15) is 36.9 Å². The van der Waals surface area contributed by atoms with Crippen molar-refractivity contribution in [3.8, 4) is 5.75 Å². The van der Waals surface area contributed by atoms with Crippen LogP contribution in [0.3, 0.4) is 0 Å². The Kier molecular flexibility index (Phi) is 7.32. The number of nitrogens with zero attached hydrogens (tertiary/aromatic N) is 3. The van der Waals surface area contributed by atoms with Gasteiger partial charge in [-0.2, -0.15) is 10.1 Å². The summed E-state index contributed by atoms with van der Waals surface area (Å²) in [5, 5.41) is 9.13. The smallest absolute Gasteiger partial charge is 0.262 e. The van der Waals surface area contributed by atoms with Crippen LogP contribution in [0, 0.1) is 5.82 Å². The zero-order valence-electron chi connectivity index (χ0n) is 20.1. The molecule has 0 fully saturated rings. The van der Waals surface area contributed by atoms with Gasteiger partial charge in [-0.3, -0.25) is 9.59 Å². The van der Waals surface area contributed by atoms with Gasteiger partial charge in [0.2, 0.25) is 5.91 Å². The lowest BCUT2D eigenvalue weighted by Crippen LogP contribution is -2.25. The highest BCUT2D eigenvalue weighted by Gasteiger charge is 2.39. The van der Waals surface area contributed by atoms with Crippen LogP contribution in [0.15, 0.2) is 89.0 Å². The summed E-state index contributed by atoms with van der Waals surface area (Å²) in [6.45, 7) is 2.46. The molecular weight excluding hydrogens is 491 g/mol. The van der Waals surface area contributed by atoms with Gasteiger partial charge < -0.3 is 10.1 Å². The minimum absolute atomic E-state index is 0.0198. The van der Waals surface area contributed by atoms with Gasteiger partial charge in [0.05, 0.1) is 18.4 Å². The molecule has 2 atom stereocenters. The van der Waals surface area contributed by atoms with Crippen molar-refractivity contribution in [3.63, 3.8) is 0 Å². The predicted molar refractivity (Wildman–Crippen MR) is 143 cm³/mol. The number of halogens is 1. The molecule has 9 heteroatoms. The number of rotatable bonds is 7. The second-order valence-electron chi connectivity index (χ2n) is 8.58. The van der Waals surface area contributed by atoms with Crippen LogP contribution in [-0.2, 0) is 9.59 Å². The molecule has 7 nitrogen and oxygen atoms in total. The van der Waals surface area contributed by atoms with Crippen molar-refractivity contribution in [1.82, 2.24) is 5.01 Å². The van der Waals surface area contributed by atoms with E-state index >= 15 is 0 Å². The molecule has 188 valence electrons. The monoisotopic (exact) mass is 516 g/mol. The van der Waals surface area contributed by atoms with E-state index < -0.39 is 5.25 Å². The Bertz CT molecular complexity index is 1340. The number of amides is 2. The van der Waals surface area contributed by atoms with Crippen LogP contribution in [0.5, 0.6) is 5.75 Å². The van der Waals surface area contributed by atoms with E-state index in [1.807, 2.05) is 37.3 Å². The maximum absolute atomic E-state index is 13.6. The third kappa shape index (κ3) is 5.72. The molecule has 1 N–H and O–H groups in total. The van der Waals surface area contributed by atoms with Gasteiger partial charge in [-0.25, -0.2) is 9.40 Å². The van der Waals surface area contributed by atoms with Gasteiger partial charge in [0.1, 0.15) is 16.8 Å². The highest BCUT2D eigenvalue weighted by Crippen LogP contribution is 2.38. The van der Waals surface area contributed by atoms with Gasteiger partial charge >= 0.3 is 0 Å². The number of carbonyl (C=O) groups is 2. The van der Waals surface area contributed by atoms with Crippen molar-refractivity contribution in [2.45, 2.75) is 31.1 Å². The van der Waals surface area contributed by atoms with Crippen molar-refractivity contribution in [2.24, 2.45) is 10.1 Å². The maximum Gasteiger partial charge on any atom is 0.262 e. The number of ether oxygens (including phenoxy) is 1. The molecule has 0 saturated heterocycles. The minimum atomic E-state index is -0.650. The summed E-state index contributed by atoms with van der Waals surface area (Å²) in [5.74, 6) is -0.254. The number of benzene rings is 3. The summed E-state index contributed by atoms with van der Waals surface area (Å²) in [6.07, 6.45) is 0.556. The third-order valence-electron chi connectivity index (χ3n) is 6.02. The number of hydrazone groups is 1. The van der Waals surface area contributed by atoms with Crippen LogP contribution >= 0.6 is 11.8 Å². The average Bonchev–Trinajstić information content (AvgIpc) is 3.50. The van der Waals surface area contributed by atoms with Gasteiger partial charge in [0.15, 0.2) is 5.17 Å².